The van der Waals surface area contributed by atoms with Crippen LogP contribution in [0.25, 0.3) is 22.1 Å². The molecular weight excluding hydrogens is 839 g/mol. The van der Waals surface area contributed by atoms with Crippen molar-refractivity contribution < 1.29 is 50.5 Å². The fraction of sp³-hybridized carbons (Fsp3) is 0.571. The summed E-state index contributed by atoms with van der Waals surface area (Å²) in [6.07, 6.45) is -1.84. The van der Waals surface area contributed by atoms with Gasteiger partial charge in [0.1, 0.15) is 22.1 Å². The summed E-state index contributed by atoms with van der Waals surface area (Å²) in [4.78, 5) is 46.9. The SMILES string of the molecule is C[C@H]1C[C@@H](N)CN(c2ccc(C(F)(F)F)c3nccnc23)C1.C[C@H]1C[C@@H](NC(=O)CN2CCOCC2)CN(c2ccc(C(F)(F)F)c3nccnc23)C1.O=C(O)CN1CCOCC1. The van der Waals surface area contributed by atoms with Crippen LogP contribution < -0.4 is 20.9 Å². The molecule has 0 saturated carbocycles. The molecule has 15 nitrogen and oxygen atoms in total. The largest absolute Gasteiger partial charge is 0.480 e. The molecule has 6 heterocycles. The van der Waals surface area contributed by atoms with Crippen LogP contribution in [0.2, 0.25) is 0 Å². The van der Waals surface area contributed by atoms with Crippen LogP contribution in [0.5, 0.6) is 0 Å². The maximum atomic E-state index is 13.4. The van der Waals surface area contributed by atoms with E-state index in [1.807, 2.05) is 14.7 Å². The van der Waals surface area contributed by atoms with E-state index < -0.39 is 29.4 Å². The van der Waals surface area contributed by atoms with Crippen molar-refractivity contribution in [3.8, 4) is 0 Å². The zero-order chi connectivity index (χ0) is 45.3. The van der Waals surface area contributed by atoms with Crippen LogP contribution in [-0.4, -0.2) is 151 Å². The molecular formula is C42H54F6N10O5. The molecule has 0 aliphatic carbocycles. The zero-order valence-electron chi connectivity index (χ0n) is 35.2. The summed E-state index contributed by atoms with van der Waals surface area (Å²) in [6.45, 7) is 12.7. The minimum Gasteiger partial charge on any atom is -0.480 e. The van der Waals surface area contributed by atoms with Crippen molar-refractivity contribution in [2.24, 2.45) is 17.6 Å². The number of nitrogens with two attached hydrogens (primary N) is 1. The first kappa shape index (κ1) is 47.5. The van der Waals surface area contributed by atoms with Gasteiger partial charge in [-0.1, -0.05) is 13.8 Å². The molecule has 4 aromatic rings. The number of rotatable bonds is 7. The summed E-state index contributed by atoms with van der Waals surface area (Å²) in [5, 5.41) is 11.5. The number of nitrogens with one attached hydrogen (secondary N) is 1. The number of ether oxygens (including phenoxy) is 2. The van der Waals surface area contributed by atoms with Crippen LogP contribution >= 0.6 is 0 Å². The number of nitrogens with zero attached hydrogens (tertiary/aromatic N) is 8. The van der Waals surface area contributed by atoms with Crippen molar-refractivity contribution in [2.45, 2.75) is 51.1 Å². The lowest BCUT2D eigenvalue weighted by atomic mass is 9.95. The second-order valence-corrected chi connectivity index (χ2v) is 16.5. The number of alkyl halides is 6. The molecule has 0 radical (unpaired) electrons. The van der Waals surface area contributed by atoms with Crippen LogP contribution in [-0.2, 0) is 31.4 Å². The molecule has 0 unspecified atom stereocenters. The second-order valence-electron chi connectivity index (χ2n) is 16.5. The smallest absolute Gasteiger partial charge is 0.418 e. The van der Waals surface area contributed by atoms with Gasteiger partial charge in [-0.2, -0.15) is 26.3 Å². The molecule has 4 aliphatic heterocycles. The van der Waals surface area contributed by atoms with Crippen molar-refractivity contribution in [2.75, 3.05) is 102 Å². The molecule has 4 aliphatic rings. The Bertz CT molecular complexity index is 2140. The number of aliphatic carboxylic acids is 1. The summed E-state index contributed by atoms with van der Waals surface area (Å²) >= 11 is 0. The lowest BCUT2D eigenvalue weighted by Crippen LogP contribution is -2.53. The number of piperidine rings is 2. The standard InChI is InChI=1S/C21H26F3N5O2.C15H17F3N4.C6H11NO3/c1-14-10-15(27-18(30)13-28-6-8-31-9-7-28)12-29(11-14)17-3-2-16(21(22,23)24)19-20(17)26-5-4-25-19;1-9-6-10(19)8-22(7-9)12-3-2-11(15(16,17)18)13-14(12)21-5-4-20-13;8-6(9)5-7-1-3-10-4-2-7/h2-5,14-15H,6-13H2,1H3,(H,27,30);2-5,9-10H,6-8,19H2,1H3;1-5H2,(H,8,9)/t14-,15+;9-,10+;/m00./s1. The van der Waals surface area contributed by atoms with E-state index in [1.165, 1.54) is 36.9 Å². The van der Waals surface area contributed by atoms with Crippen LogP contribution in [0.3, 0.4) is 0 Å². The highest BCUT2D eigenvalue weighted by Crippen LogP contribution is 2.39. The predicted octanol–water partition coefficient (Wildman–Crippen LogP) is 4.54. The maximum absolute atomic E-state index is 13.4. The molecule has 0 spiro atoms. The van der Waals surface area contributed by atoms with Crippen molar-refractivity contribution in [1.82, 2.24) is 35.1 Å². The molecule has 21 heteroatoms. The highest BCUT2D eigenvalue weighted by atomic mass is 19.4. The Morgan fingerprint density at radius 1 is 0.667 bits per heavy atom. The number of fused-ring (bicyclic) bond motifs is 2. The zero-order valence-corrected chi connectivity index (χ0v) is 35.2. The van der Waals surface area contributed by atoms with Crippen LogP contribution in [0.1, 0.15) is 37.8 Å². The van der Waals surface area contributed by atoms with E-state index in [0.717, 1.165) is 57.7 Å². The number of carboxylic acids is 1. The fourth-order valence-electron chi connectivity index (χ4n) is 8.49. The topological polar surface area (TPSA) is 175 Å². The van der Waals surface area contributed by atoms with E-state index >= 15 is 0 Å². The molecule has 4 atom stereocenters. The maximum Gasteiger partial charge on any atom is 0.418 e. The minimum absolute atomic E-state index is 0.0118. The van der Waals surface area contributed by atoms with Gasteiger partial charge in [0.15, 0.2) is 0 Å². The third-order valence-electron chi connectivity index (χ3n) is 11.2. The summed E-state index contributed by atoms with van der Waals surface area (Å²) < 4.78 is 89.9. The lowest BCUT2D eigenvalue weighted by molar-refractivity contribution is -0.139. The summed E-state index contributed by atoms with van der Waals surface area (Å²) in [5.41, 5.74) is 6.00. The van der Waals surface area contributed by atoms with Crippen LogP contribution in [0.15, 0.2) is 49.1 Å². The van der Waals surface area contributed by atoms with Gasteiger partial charge in [0.05, 0.1) is 62.0 Å². The number of carbonyl (C=O) groups is 2. The number of carboxylic acid groups (broad SMARTS) is 1. The van der Waals surface area contributed by atoms with E-state index in [2.05, 4.69) is 44.0 Å². The van der Waals surface area contributed by atoms with Gasteiger partial charge in [-0.3, -0.25) is 39.3 Å². The van der Waals surface area contributed by atoms with Gasteiger partial charge in [0.2, 0.25) is 5.91 Å². The quantitative estimate of drug-likeness (QED) is 0.221. The van der Waals surface area contributed by atoms with Gasteiger partial charge in [0, 0.05) is 89.2 Å². The monoisotopic (exact) mass is 892 g/mol. The van der Waals surface area contributed by atoms with E-state index in [-0.39, 0.29) is 52.5 Å². The molecule has 4 fully saturated rings. The second kappa shape index (κ2) is 21.1. The van der Waals surface area contributed by atoms with Crippen LogP contribution in [0.4, 0.5) is 37.7 Å². The lowest BCUT2D eigenvalue weighted by Gasteiger charge is -2.39. The first-order valence-corrected chi connectivity index (χ1v) is 20.9. The molecule has 8 rings (SSSR count). The predicted molar refractivity (Wildman–Crippen MR) is 223 cm³/mol. The highest BCUT2D eigenvalue weighted by molar-refractivity contribution is 5.92. The summed E-state index contributed by atoms with van der Waals surface area (Å²) in [5.74, 6) is -0.158. The van der Waals surface area contributed by atoms with E-state index in [9.17, 15) is 35.9 Å². The van der Waals surface area contributed by atoms with Crippen molar-refractivity contribution >= 4 is 45.3 Å². The molecule has 0 bridgehead atoms. The van der Waals surface area contributed by atoms with Crippen molar-refractivity contribution in [1.29, 1.82) is 0 Å². The van der Waals surface area contributed by atoms with Crippen molar-refractivity contribution in [3.63, 3.8) is 0 Å². The van der Waals surface area contributed by atoms with Crippen molar-refractivity contribution in [3.05, 3.63) is 60.2 Å². The Labute approximate surface area is 360 Å². The Hall–Kier alpha value is -4.96. The fourth-order valence-corrected chi connectivity index (χ4v) is 8.49. The van der Waals surface area contributed by atoms with E-state index in [0.29, 0.717) is 69.9 Å². The van der Waals surface area contributed by atoms with Gasteiger partial charge in [-0.15, -0.1) is 0 Å². The summed E-state index contributed by atoms with van der Waals surface area (Å²) in [7, 11) is 0. The molecule has 2 aromatic carbocycles. The minimum atomic E-state index is -4.50. The Kier molecular flexibility index (Phi) is 15.9. The third kappa shape index (κ3) is 13.1. The average molecular weight is 893 g/mol. The Morgan fingerprint density at radius 2 is 1.10 bits per heavy atom. The summed E-state index contributed by atoms with van der Waals surface area (Å²) in [6, 6.07) is 5.01. The Morgan fingerprint density at radius 3 is 1.54 bits per heavy atom. The van der Waals surface area contributed by atoms with Gasteiger partial charge >= 0.3 is 18.3 Å². The molecule has 344 valence electrons. The molecule has 2 aromatic heterocycles. The third-order valence-corrected chi connectivity index (χ3v) is 11.2. The Balaban J connectivity index is 0.000000178. The van der Waals surface area contributed by atoms with Crippen LogP contribution in [0, 0.1) is 11.8 Å². The number of benzene rings is 2. The number of amides is 1. The van der Waals surface area contributed by atoms with Gasteiger partial charge in [-0.25, -0.2) is 0 Å². The normalized spacial score (nSPS) is 22.7. The van der Waals surface area contributed by atoms with E-state index in [1.54, 1.807) is 0 Å². The number of aromatic nitrogens is 4. The average Bonchev–Trinajstić information content (AvgIpc) is 3.22. The first-order valence-electron chi connectivity index (χ1n) is 20.9. The molecule has 63 heavy (non-hydrogen) atoms. The molecule has 4 saturated heterocycles. The number of hydrogen-bond acceptors (Lipinski definition) is 13. The number of halogens is 6. The highest BCUT2D eigenvalue weighted by Gasteiger charge is 2.37. The van der Waals surface area contributed by atoms with Gasteiger partial charge in [-0.05, 0) is 48.9 Å². The molecule has 1 amide bonds. The first-order chi connectivity index (χ1) is 30.0. The number of hydrogen-bond donors (Lipinski definition) is 3. The number of carbonyl (C=O) groups excluding carboxylic acids is 1. The number of morpholine rings is 2. The van der Waals surface area contributed by atoms with Gasteiger partial charge < -0.3 is 35.4 Å². The number of anilines is 2. The van der Waals surface area contributed by atoms with E-state index in [4.69, 9.17) is 20.3 Å². The molecule has 4 N–H and O–H groups in total. The van der Waals surface area contributed by atoms with Gasteiger partial charge in [0.25, 0.3) is 0 Å².